The molecule has 0 radical (unpaired) electrons. The van der Waals surface area contributed by atoms with Gasteiger partial charge in [0.05, 0.1) is 12.5 Å². The molecular weight excluding hydrogens is 348 g/mol. The van der Waals surface area contributed by atoms with Gasteiger partial charge < -0.3 is 14.5 Å². The molecule has 152 valence electrons. The van der Waals surface area contributed by atoms with Crippen molar-refractivity contribution < 1.29 is 9.53 Å². The number of piperazine rings is 1. The Kier molecular flexibility index (Phi) is 4.02. The van der Waals surface area contributed by atoms with Crippen molar-refractivity contribution >= 4 is 11.6 Å². The Bertz CT molecular complexity index is 765. The van der Waals surface area contributed by atoms with Crippen LogP contribution in [0.3, 0.4) is 0 Å². The Morgan fingerprint density at radius 1 is 1.00 bits per heavy atom. The van der Waals surface area contributed by atoms with Gasteiger partial charge in [0.2, 0.25) is 5.91 Å². The third kappa shape index (κ3) is 2.91. The molecule has 1 heterocycles. The Morgan fingerprint density at radius 3 is 2.29 bits per heavy atom. The van der Waals surface area contributed by atoms with Gasteiger partial charge in [-0.1, -0.05) is 19.9 Å². The summed E-state index contributed by atoms with van der Waals surface area (Å²) >= 11 is 0. The van der Waals surface area contributed by atoms with Crippen molar-refractivity contribution in [2.45, 2.75) is 52.4 Å². The van der Waals surface area contributed by atoms with E-state index in [1.54, 1.807) is 7.11 Å². The van der Waals surface area contributed by atoms with Gasteiger partial charge in [0, 0.05) is 37.9 Å². The Morgan fingerprint density at radius 2 is 1.68 bits per heavy atom. The first kappa shape index (κ1) is 18.3. The van der Waals surface area contributed by atoms with Crippen LogP contribution in [-0.4, -0.2) is 44.1 Å². The molecule has 4 bridgehead atoms. The molecule has 4 nitrogen and oxygen atoms in total. The molecular formula is C24H34N2O2. The monoisotopic (exact) mass is 382 g/mol. The summed E-state index contributed by atoms with van der Waals surface area (Å²) in [6, 6.07) is 8.26. The van der Waals surface area contributed by atoms with Gasteiger partial charge in [0.15, 0.2) is 0 Å². The molecule has 1 aromatic carbocycles. The van der Waals surface area contributed by atoms with Crippen LogP contribution in [0.5, 0.6) is 5.75 Å². The maximum Gasteiger partial charge on any atom is 0.228 e. The number of carbonyl (C=O) groups is 1. The fourth-order valence-electron chi connectivity index (χ4n) is 8.00. The van der Waals surface area contributed by atoms with Crippen molar-refractivity contribution in [2.75, 3.05) is 38.2 Å². The quantitative estimate of drug-likeness (QED) is 0.780. The minimum Gasteiger partial charge on any atom is -0.497 e. The van der Waals surface area contributed by atoms with Crippen molar-refractivity contribution in [3.63, 3.8) is 0 Å². The van der Waals surface area contributed by atoms with Gasteiger partial charge >= 0.3 is 0 Å². The van der Waals surface area contributed by atoms with Gasteiger partial charge in [-0.15, -0.1) is 0 Å². The van der Waals surface area contributed by atoms with Crippen LogP contribution in [0.25, 0.3) is 0 Å². The lowest BCUT2D eigenvalue weighted by Gasteiger charge is -2.65. The zero-order valence-corrected chi connectivity index (χ0v) is 17.7. The highest BCUT2D eigenvalue weighted by molar-refractivity contribution is 5.84. The van der Waals surface area contributed by atoms with Crippen molar-refractivity contribution in [1.82, 2.24) is 4.90 Å². The summed E-state index contributed by atoms with van der Waals surface area (Å²) in [6.07, 6.45) is 7.42. The highest BCUT2D eigenvalue weighted by Crippen LogP contribution is 2.69. The molecule has 4 aliphatic carbocycles. The van der Waals surface area contributed by atoms with Crippen LogP contribution in [-0.2, 0) is 4.79 Å². The summed E-state index contributed by atoms with van der Waals surface area (Å²) in [4.78, 5) is 18.3. The van der Waals surface area contributed by atoms with Crippen molar-refractivity contribution in [3.8, 4) is 5.75 Å². The van der Waals surface area contributed by atoms with E-state index in [1.807, 2.05) is 12.1 Å². The maximum absolute atomic E-state index is 13.8. The predicted octanol–water partition coefficient (Wildman–Crippen LogP) is 4.34. The second kappa shape index (κ2) is 6.14. The molecule has 1 saturated heterocycles. The molecule has 5 fully saturated rings. The topological polar surface area (TPSA) is 32.8 Å². The zero-order chi connectivity index (χ0) is 19.6. The van der Waals surface area contributed by atoms with Gasteiger partial charge in [-0.2, -0.15) is 0 Å². The smallest absolute Gasteiger partial charge is 0.228 e. The van der Waals surface area contributed by atoms with Crippen molar-refractivity contribution in [3.05, 3.63) is 24.3 Å². The largest absolute Gasteiger partial charge is 0.497 e. The molecule has 0 spiro atoms. The van der Waals surface area contributed by atoms with Crippen LogP contribution >= 0.6 is 0 Å². The van der Waals surface area contributed by atoms with Gasteiger partial charge in [0.1, 0.15) is 5.75 Å². The van der Waals surface area contributed by atoms with Gasteiger partial charge in [-0.25, -0.2) is 0 Å². The standard InChI is InChI=1S/C24H34N2O2/c1-22-12-18-13-23(2,15-22)17-24(14-18,16-22)21(27)26-9-7-25(8-10-26)19-5-4-6-20(11-19)28-3/h4-6,11,18H,7-10,12-17H2,1-3H3. The highest BCUT2D eigenvalue weighted by Gasteiger charge is 2.63. The number of benzene rings is 1. The Hall–Kier alpha value is -1.71. The fourth-order valence-corrected chi connectivity index (χ4v) is 8.00. The number of ether oxygens (including phenoxy) is 1. The Balaban J connectivity index is 1.30. The number of rotatable bonds is 3. The summed E-state index contributed by atoms with van der Waals surface area (Å²) in [5.74, 6) is 2.14. The van der Waals surface area contributed by atoms with Crippen LogP contribution in [0.1, 0.15) is 52.4 Å². The lowest BCUT2D eigenvalue weighted by Crippen LogP contribution is -2.62. The van der Waals surface area contributed by atoms with E-state index in [1.165, 1.54) is 24.9 Å². The fraction of sp³-hybridized carbons (Fsp3) is 0.708. The van der Waals surface area contributed by atoms with Crippen LogP contribution in [0.4, 0.5) is 5.69 Å². The van der Waals surface area contributed by atoms with E-state index in [-0.39, 0.29) is 5.41 Å². The molecule has 2 atom stereocenters. The van der Waals surface area contributed by atoms with E-state index in [0.717, 1.165) is 57.1 Å². The van der Waals surface area contributed by atoms with Gasteiger partial charge in [0.25, 0.3) is 0 Å². The van der Waals surface area contributed by atoms with Gasteiger partial charge in [-0.3, -0.25) is 4.79 Å². The third-order valence-electron chi connectivity index (χ3n) is 8.07. The van der Waals surface area contributed by atoms with Crippen LogP contribution in [0, 0.1) is 22.2 Å². The normalized spacial score (nSPS) is 39.3. The Labute approximate surface area is 169 Å². The van der Waals surface area contributed by atoms with Crippen molar-refractivity contribution in [2.24, 2.45) is 22.2 Å². The SMILES string of the molecule is COc1cccc(N2CCN(C(=O)C34CC5CC(C)(CC(C)(C5)C3)C4)CC2)c1. The molecule has 0 N–H and O–H groups in total. The first-order valence-electron chi connectivity index (χ1n) is 11.0. The molecule has 4 heteroatoms. The van der Waals surface area contributed by atoms with Crippen molar-refractivity contribution in [1.29, 1.82) is 0 Å². The summed E-state index contributed by atoms with van der Waals surface area (Å²) < 4.78 is 5.37. The molecule has 5 aliphatic rings. The number of hydrogen-bond donors (Lipinski definition) is 0. The molecule has 4 saturated carbocycles. The van der Waals surface area contributed by atoms with E-state index in [2.05, 4.69) is 35.8 Å². The molecule has 1 aromatic rings. The number of carbonyl (C=O) groups excluding carboxylic acids is 1. The van der Waals surface area contributed by atoms with E-state index in [0.29, 0.717) is 16.7 Å². The highest BCUT2D eigenvalue weighted by atomic mass is 16.5. The number of anilines is 1. The third-order valence-corrected chi connectivity index (χ3v) is 8.07. The van der Waals surface area contributed by atoms with E-state index in [4.69, 9.17) is 4.74 Å². The average Bonchev–Trinajstić information content (AvgIpc) is 2.65. The molecule has 1 aliphatic heterocycles. The number of amides is 1. The molecule has 1 amide bonds. The second-order valence-corrected chi connectivity index (χ2v) is 10.9. The van der Waals surface area contributed by atoms with Crippen LogP contribution in [0.2, 0.25) is 0 Å². The van der Waals surface area contributed by atoms with Gasteiger partial charge in [-0.05, 0) is 67.4 Å². The van der Waals surface area contributed by atoms with E-state index in [9.17, 15) is 4.79 Å². The number of hydrogen-bond acceptors (Lipinski definition) is 3. The lowest BCUT2D eigenvalue weighted by molar-refractivity contribution is -0.179. The minimum absolute atomic E-state index is 0.0684. The predicted molar refractivity (Wildman–Crippen MR) is 112 cm³/mol. The summed E-state index contributed by atoms with van der Waals surface area (Å²) in [5.41, 5.74) is 1.92. The number of methoxy groups -OCH3 is 1. The summed E-state index contributed by atoms with van der Waals surface area (Å²) in [7, 11) is 1.71. The maximum atomic E-state index is 13.8. The molecule has 6 rings (SSSR count). The summed E-state index contributed by atoms with van der Waals surface area (Å²) in [5, 5.41) is 0. The molecule has 0 aromatic heterocycles. The first-order valence-corrected chi connectivity index (χ1v) is 11.0. The first-order chi connectivity index (χ1) is 13.3. The van der Waals surface area contributed by atoms with Crippen LogP contribution < -0.4 is 9.64 Å². The summed E-state index contributed by atoms with van der Waals surface area (Å²) in [6.45, 7) is 8.42. The zero-order valence-electron chi connectivity index (χ0n) is 17.7. The molecule has 2 unspecified atom stereocenters. The second-order valence-electron chi connectivity index (χ2n) is 10.9. The minimum atomic E-state index is -0.0684. The van der Waals surface area contributed by atoms with Crippen LogP contribution in [0.15, 0.2) is 24.3 Å². The lowest BCUT2D eigenvalue weighted by atomic mass is 9.40. The van der Waals surface area contributed by atoms with E-state index < -0.39 is 0 Å². The van der Waals surface area contributed by atoms with E-state index >= 15 is 0 Å². The number of nitrogens with zero attached hydrogens (tertiary/aromatic N) is 2. The molecule has 28 heavy (non-hydrogen) atoms. The average molecular weight is 383 g/mol.